The summed E-state index contributed by atoms with van der Waals surface area (Å²) in [5.74, 6) is 1.66. The van der Waals surface area contributed by atoms with Crippen LogP contribution in [0.25, 0.3) is 21.8 Å². The van der Waals surface area contributed by atoms with Crippen molar-refractivity contribution in [1.29, 1.82) is 0 Å². The first-order chi connectivity index (χ1) is 18.1. The molecule has 0 atom stereocenters. The lowest BCUT2D eigenvalue weighted by atomic mass is 9.63. The van der Waals surface area contributed by atoms with Gasteiger partial charge in [-0.25, -0.2) is 0 Å². The molecule has 0 fully saturated rings. The number of para-hydroxylation sites is 3. The van der Waals surface area contributed by atoms with E-state index in [2.05, 4.69) is 103 Å². The number of ether oxygens (including phenoxy) is 2. The van der Waals surface area contributed by atoms with Crippen LogP contribution in [0.15, 0.2) is 97.1 Å². The first kappa shape index (κ1) is 23.0. The number of H-pyrrole nitrogens is 2. The average molecular weight is 487 g/mol. The molecule has 0 unspecified atom stereocenters. The van der Waals surface area contributed by atoms with Crippen LogP contribution in [-0.4, -0.2) is 24.2 Å². The molecule has 0 saturated heterocycles. The third-order valence-electron chi connectivity index (χ3n) is 7.57. The molecule has 0 aliphatic carbocycles. The van der Waals surface area contributed by atoms with Gasteiger partial charge in [-0.05, 0) is 49.7 Å². The SMILES string of the molecule is COc1ccc(C(c2ccccc2OC)(c2c(C)[nH]c3ccccc23)c2c(C)[nH]c3ccccc23)cc1. The maximum atomic E-state index is 6.07. The summed E-state index contributed by atoms with van der Waals surface area (Å²) in [5.41, 5.74) is 8.42. The molecule has 37 heavy (non-hydrogen) atoms. The predicted molar refractivity (Wildman–Crippen MR) is 151 cm³/mol. The average Bonchev–Trinajstić information content (AvgIpc) is 3.46. The molecule has 0 amide bonds. The van der Waals surface area contributed by atoms with Gasteiger partial charge in [0, 0.05) is 49.9 Å². The molecule has 0 aliphatic rings. The Morgan fingerprint density at radius 2 is 1.08 bits per heavy atom. The van der Waals surface area contributed by atoms with Crippen molar-refractivity contribution >= 4 is 21.8 Å². The predicted octanol–water partition coefficient (Wildman–Crippen LogP) is 7.67. The van der Waals surface area contributed by atoms with Gasteiger partial charge >= 0.3 is 0 Å². The van der Waals surface area contributed by atoms with Crippen LogP contribution in [-0.2, 0) is 5.41 Å². The van der Waals surface area contributed by atoms with Crippen LogP contribution in [0.4, 0.5) is 0 Å². The van der Waals surface area contributed by atoms with E-state index in [1.54, 1.807) is 14.2 Å². The second-order valence-corrected chi connectivity index (χ2v) is 9.52. The number of aromatic amines is 2. The number of fused-ring (bicyclic) bond motifs is 2. The molecule has 184 valence electrons. The Bertz CT molecular complexity index is 1640. The standard InChI is InChI=1S/C33H30N2O2/c1-21-31(25-11-5-8-14-28(25)34-21)33(23-17-19-24(36-3)20-18-23,27-13-7-10-16-30(27)37-4)32-22(2)35-29-15-9-6-12-26(29)32/h5-20,34-35H,1-4H3. The Kier molecular flexibility index (Phi) is 5.53. The summed E-state index contributed by atoms with van der Waals surface area (Å²) in [7, 11) is 3.46. The third-order valence-corrected chi connectivity index (χ3v) is 7.57. The van der Waals surface area contributed by atoms with Crippen molar-refractivity contribution in [2.45, 2.75) is 19.3 Å². The van der Waals surface area contributed by atoms with E-state index >= 15 is 0 Å². The van der Waals surface area contributed by atoms with Gasteiger partial charge in [-0.2, -0.15) is 0 Å². The van der Waals surface area contributed by atoms with Gasteiger partial charge in [-0.15, -0.1) is 0 Å². The Hall–Kier alpha value is -4.44. The van der Waals surface area contributed by atoms with E-state index < -0.39 is 5.41 Å². The van der Waals surface area contributed by atoms with Gasteiger partial charge in [0.1, 0.15) is 11.5 Å². The van der Waals surface area contributed by atoms with Crippen molar-refractivity contribution in [3.8, 4) is 11.5 Å². The number of aromatic nitrogens is 2. The van der Waals surface area contributed by atoms with Gasteiger partial charge in [0.2, 0.25) is 0 Å². The Balaban J connectivity index is 1.90. The Morgan fingerprint density at radius 1 is 0.568 bits per heavy atom. The fourth-order valence-electron chi connectivity index (χ4n) is 6.15. The highest BCUT2D eigenvalue weighted by atomic mass is 16.5. The highest BCUT2D eigenvalue weighted by Gasteiger charge is 2.46. The topological polar surface area (TPSA) is 50.0 Å². The molecule has 6 rings (SSSR count). The number of rotatable bonds is 6. The van der Waals surface area contributed by atoms with Crippen LogP contribution in [0.5, 0.6) is 11.5 Å². The second-order valence-electron chi connectivity index (χ2n) is 9.52. The minimum atomic E-state index is -0.688. The third kappa shape index (κ3) is 3.36. The first-order valence-corrected chi connectivity index (χ1v) is 12.5. The van der Waals surface area contributed by atoms with Crippen molar-refractivity contribution in [3.63, 3.8) is 0 Å². The van der Waals surface area contributed by atoms with E-state index in [-0.39, 0.29) is 0 Å². The fourth-order valence-corrected chi connectivity index (χ4v) is 6.15. The summed E-state index contributed by atoms with van der Waals surface area (Å²) in [5, 5.41) is 2.37. The fraction of sp³-hybridized carbons (Fsp3) is 0.152. The summed E-state index contributed by atoms with van der Waals surface area (Å²) < 4.78 is 11.6. The number of hydrogen-bond acceptors (Lipinski definition) is 2. The first-order valence-electron chi connectivity index (χ1n) is 12.5. The van der Waals surface area contributed by atoms with Crippen LogP contribution in [0.3, 0.4) is 0 Å². The normalized spacial score (nSPS) is 11.8. The van der Waals surface area contributed by atoms with Crippen LogP contribution in [0.2, 0.25) is 0 Å². The highest BCUT2D eigenvalue weighted by Crippen LogP contribution is 2.54. The quantitative estimate of drug-likeness (QED) is 0.254. The van der Waals surface area contributed by atoms with E-state index in [0.717, 1.165) is 45.0 Å². The molecule has 0 spiro atoms. The molecule has 2 heterocycles. The minimum absolute atomic E-state index is 0.688. The molecule has 0 saturated carbocycles. The molecule has 0 radical (unpaired) electrons. The van der Waals surface area contributed by atoms with Crippen molar-refractivity contribution in [2.75, 3.05) is 14.2 Å². The smallest absolute Gasteiger partial charge is 0.123 e. The lowest BCUT2D eigenvalue weighted by molar-refractivity contribution is 0.405. The molecule has 2 aromatic heterocycles. The van der Waals surface area contributed by atoms with Gasteiger partial charge in [-0.3, -0.25) is 0 Å². The van der Waals surface area contributed by atoms with Crippen LogP contribution < -0.4 is 9.47 Å². The van der Waals surface area contributed by atoms with E-state index in [4.69, 9.17) is 9.47 Å². The zero-order chi connectivity index (χ0) is 25.6. The van der Waals surface area contributed by atoms with Gasteiger partial charge < -0.3 is 19.4 Å². The number of aryl methyl sites for hydroxylation is 2. The summed E-state index contributed by atoms with van der Waals surface area (Å²) in [6.07, 6.45) is 0. The van der Waals surface area contributed by atoms with Crippen LogP contribution >= 0.6 is 0 Å². The highest BCUT2D eigenvalue weighted by molar-refractivity contribution is 5.94. The van der Waals surface area contributed by atoms with Crippen molar-refractivity contribution in [1.82, 2.24) is 9.97 Å². The maximum absolute atomic E-state index is 6.07. The van der Waals surface area contributed by atoms with Crippen LogP contribution in [0, 0.1) is 13.8 Å². The van der Waals surface area contributed by atoms with Gasteiger partial charge in [0.25, 0.3) is 0 Å². The van der Waals surface area contributed by atoms with Crippen molar-refractivity contribution < 1.29 is 9.47 Å². The summed E-state index contributed by atoms with van der Waals surface area (Å²) in [4.78, 5) is 7.37. The van der Waals surface area contributed by atoms with Crippen LogP contribution in [0.1, 0.15) is 33.6 Å². The lowest BCUT2D eigenvalue weighted by Crippen LogP contribution is -2.33. The Morgan fingerprint density at radius 3 is 1.62 bits per heavy atom. The number of hydrogen-bond donors (Lipinski definition) is 2. The summed E-state index contributed by atoms with van der Waals surface area (Å²) in [6, 6.07) is 34.0. The molecule has 6 aromatic rings. The monoisotopic (exact) mass is 486 g/mol. The van der Waals surface area contributed by atoms with E-state index in [9.17, 15) is 0 Å². The Labute approximate surface area is 216 Å². The van der Waals surface area contributed by atoms with E-state index in [0.29, 0.717) is 0 Å². The number of benzene rings is 4. The molecular weight excluding hydrogens is 456 g/mol. The molecular formula is C33H30N2O2. The molecule has 4 aromatic carbocycles. The largest absolute Gasteiger partial charge is 0.497 e. The maximum Gasteiger partial charge on any atom is 0.123 e. The van der Waals surface area contributed by atoms with Crippen molar-refractivity contribution in [3.05, 3.63) is 131 Å². The van der Waals surface area contributed by atoms with Gasteiger partial charge in [0.05, 0.1) is 19.6 Å². The molecule has 0 bridgehead atoms. The summed E-state index contributed by atoms with van der Waals surface area (Å²) >= 11 is 0. The van der Waals surface area contributed by atoms with Gasteiger partial charge in [0.15, 0.2) is 0 Å². The zero-order valence-electron chi connectivity index (χ0n) is 21.6. The summed E-state index contributed by atoms with van der Waals surface area (Å²) in [6.45, 7) is 4.35. The second kappa shape index (κ2) is 8.90. The van der Waals surface area contributed by atoms with E-state index in [1.165, 1.54) is 21.9 Å². The molecule has 0 aliphatic heterocycles. The molecule has 4 nitrogen and oxygen atoms in total. The molecule has 2 N–H and O–H groups in total. The van der Waals surface area contributed by atoms with E-state index in [1.807, 2.05) is 18.2 Å². The zero-order valence-corrected chi connectivity index (χ0v) is 21.6. The molecule has 4 heteroatoms. The van der Waals surface area contributed by atoms with Crippen molar-refractivity contribution in [2.24, 2.45) is 0 Å². The number of methoxy groups -OCH3 is 2. The minimum Gasteiger partial charge on any atom is -0.497 e. The van der Waals surface area contributed by atoms with Gasteiger partial charge in [-0.1, -0.05) is 66.7 Å². The lowest BCUT2D eigenvalue weighted by Gasteiger charge is -2.38. The number of nitrogens with one attached hydrogen (secondary N) is 2.